The molecule has 2 nitrogen and oxygen atoms in total. The molecule has 2 aromatic carbocycles. The van der Waals surface area contributed by atoms with Crippen LogP contribution in [0.15, 0.2) is 54.6 Å². The summed E-state index contributed by atoms with van der Waals surface area (Å²) in [6, 6.07) is 18.4. The number of hydrogen-bond acceptors (Lipinski definition) is 3. The molecule has 1 amide bonds. The highest BCUT2D eigenvalue weighted by molar-refractivity contribution is 8.16. The van der Waals surface area contributed by atoms with Gasteiger partial charge in [0, 0.05) is 12.1 Å². The minimum atomic E-state index is 0.00767. The molecule has 0 bridgehead atoms. The van der Waals surface area contributed by atoms with E-state index >= 15 is 0 Å². The minimum absolute atomic E-state index is 0.00767. The first-order valence-electron chi connectivity index (χ1n) is 8.40. The van der Waals surface area contributed by atoms with Crippen LogP contribution in [-0.4, -0.2) is 24.0 Å². The molecule has 1 N–H and O–H groups in total. The summed E-state index contributed by atoms with van der Waals surface area (Å²) in [5, 5.41) is 3.05. The predicted molar refractivity (Wildman–Crippen MR) is 106 cm³/mol. The number of thioether (sulfide) groups is 2. The van der Waals surface area contributed by atoms with E-state index in [4.69, 9.17) is 0 Å². The summed E-state index contributed by atoms with van der Waals surface area (Å²) >= 11 is 4.01. The standard InChI is InChI=1S/C20H23NOS2/c1-15(16-6-3-2-4-7-16)14-21-19(22)17-8-10-18(11-9-17)20-23-12-5-13-24-20/h2-4,6-11,15,20H,5,12-14H2,1H3,(H,21,22)/t15-/m0/s1. The molecule has 0 unspecified atom stereocenters. The Balaban J connectivity index is 1.55. The summed E-state index contributed by atoms with van der Waals surface area (Å²) in [5.41, 5.74) is 3.31. The molecule has 0 aliphatic carbocycles. The Hall–Kier alpha value is -1.39. The molecule has 0 saturated carbocycles. The molecule has 1 aliphatic heterocycles. The molecule has 126 valence electrons. The second kappa shape index (κ2) is 8.63. The normalized spacial score (nSPS) is 16.5. The zero-order valence-corrected chi connectivity index (χ0v) is 15.5. The third kappa shape index (κ3) is 4.58. The molecule has 0 spiro atoms. The molecular formula is C20H23NOS2. The smallest absolute Gasteiger partial charge is 0.251 e. The number of benzene rings is 2. The lowest BCUT2D eigenvalue weighted by atomic mass is 10.0. The SMILES string of the molecule is C[C@@H](CNC(=O)c1ccc(C2SCCCS2)cc1)c1ccccc1. The van der Waals surface area contributed by atoms with Crippen LogP contribution in [0.5, 0.6) is 0 Å². The van der Waals surface area contributed by atoms with Crippen LogP contribution in [0.1, 0.15) is 45.3 Å². The van der Waals surface area contributed by atoms with Gasteiger partial charge in [-0.05, 0) is 47.1 Å². The quantitative estimate of drug-likeness (QED) is 0.808. The van der Waals surface area contributed by atoms with E-state index in [1.165, 1.54) is 29.1 Å². The fourth-order valence-electron chi connectivity index (χ4n) is 2.72. The predicted octanol–water partition coefficient (Wildman–Crippen LogP) is 5.09. The van der Waals surface area contributed by atoms with Crippen LogP contribution in [0.4, 0.5) is 0 Å². The second-order valence-electron chi connectivity index (χ2n) is 6.07. The summed E-state index contributed by atoms with van der Waals surface area (Å²) in [6.07, 6.45) is 1.30. The van der Waals surface area contributed by atoms with Gasteiger partial charge in [0.1, 0.15) is 0 Å². The molecule has 4 heteroatoms. The molecule has 3 rings (SSSR count). The lowest BCUT2D eigenvalue weighted by Crippen LogP contribution is -2.27. The molecule has 1 fully saturated rings. The maximum atomic E-state index is 12.3. The fraction of sp³-hybridized carbons (Fsp3) is 0.350. The number of nitrogens with one attached hydrogen (secondary N) is 1. The molecule has 2 aromatic rings. The third-order valence-corrected chi connectivity index (χ3v) is 7.22. The van der Waals surface area contributed by atoms with Gasteiger partial charge in [0.05, 0.1) is 4.58 Å². The van der Waals surface area contributed by atoms with Crippen LogP contribution < -0.4 is 5.32 Å². The van der Waals surface area contributed by atoms with Crippen LogP contribution in [0.3, 0.4) is 0 Å². The maximum absolute atomic E-state index is 12.3. The molecule has 1 aliphatic rings. The highest BCUT2D eigenvalue weighted by atomic mass is 32.2. The van der Waals surface area contributed by atoms with E-state index in [2.05, 4.69) is 36.5 Å². The Kier molecular flexibility index (Phi) is 6.27. The van der Waals surface area contributed by atoms with Gasteiger partial charge < -0.3 is 5.32 Å². The summed E-state index contributed by atoms with van der Waals surface area (Å²) in [7, 11) is 0. The van der Waals surface area contributed by atoms with Gasteiger partial charge in [-0.15, -0.1) is 23.5 Å². The number of amides is 1. The minimum Gasteiger partial charge on any atom is -0.351 e. The Morgan fingerprint density at radius 3 is 2.42 bits per heavy atom. The molecule has 1 saturated heterocycles. The van der Waals surface area contributed by atoms with E-state index in [9.17, 15) is 4.79 Å². The topological polar surface area (TPSA) is 29.1 Å². The summed E-state index contributed by atoms with van der Waals surface area (Å²) in [4.78, 5) is 12.3. The third-order valence-electron chi connectivity index (χ3n) is 4.21. The van der Waals surface area contributed by atoms with Gasteiger partial charge >= 0.3 is 0 Å². The fourth-order valence-corrected chi connectivity index (χ4v) is 5.61. The van der Waals surface area contributed by atoms with Gasteiger partial charge in [0.2, 0.25) is 0 Å². The molecule has 0 radical (unpaired) electrons. The Bertz CT molecular complexity index is 651. The Morgan fingerprint density at radius 1 is 1.08 bits per heavy atom. The summed E-state index contributed by atoms with van der Waals surface area (Å²) in [6.45, 7) is 2.79. The number of carbonyl (C=O) groups is 1. The first kappa shape index (κ1) is 17.4. The number of hydrogen-bond donors (Lipinski definition) is 1. The average Bonchev–Trinajstić information content (AvgIpc) is 2.67. The summed E-state index contributed by atoms with van der Waals surface area (Å²) < 4.78 is 0.522. The van der Waals surface area contributed by atoms with Crippen LogP contribution in [0, 0.1) is 0 Å². The molecule has 24 heavy (non-hydrogen) atoms. The van der Waals surface area contributed by atoms with Gasteiger partial charge in [-0.25, -0.2) is 0 Å². The van der Waals surface area contributed by atoms with Crippen LogP contribution in [-0.2, 0) is 0 Å². The van der Waals surface area contributed by atoms with Crippen LogP contribution >= 0.6 is 23.5 Å². The van der Waals surface area contributed by atoms with Crippen molar-refractivity contribution in [2.75, 3.05) is 18.1 Å². The van der Waals surface area contributed by atoms with Crippen molar-refractivity contribution in [1.29, 1.82) is 0 Å². The molecule has 0 aromatic heterocycles. The lowest BCUT2D eigenvalue weighted by molar-refractivity contribution is 0.0951. The van der Waals surface area contributed by atoms with E-state index in [0.29, 0.717) is 17.0 Å². The first-order valence-corrected chi connectivity index (χ1v) is 10.5. The number of rotatable bonds is 5. The average molecular weight is 358 g/mol. The van der Waals surface area contributed by atoms with Crippen molar-refractivity contribution >= 4 is 29.4 Å². The van der Waals surface area contributed by atoms with Gasteiger partial charge in [0.25, 0.3) is 5.91 Å². The van der Waals surface area contributed by atoms with Gasteiger partial charge in [-0.1, -0.05) is 49.4 Å². The van der Waals surface area contributed by atoms with Crippen molar-refractivity contribution in [1.82, 2.24) is 5.32 Å². The lowest BCUT2D eigenvalue weighted by Gasteiger charge is -2.21. The zero-order chi connectivity index (χ0) is 16.8. The van der Waals surface area contributed by atoms with Gasteiger partial charge in [0.15, 0.2) is 0 Å². The van der Waals surface area contributed by atoms with E-state index < -0.39 is 0 Å². The largest absolute Gasteiger partial charge is 0.351 e. The zero-order valence-electron chi connectivity index (χ0n) is 13.9. The van der Waals surface area contributed by atoms with Crippen molar-refractivity contribution in [3.05, 3.63) is 71.3 Å². The van der Waals surface area contributed by atoms with Crippen LogP contribution in [0.25, 0.3) is 0 Å². The Morgan fingerprint density at radius 2 is 1.75 bits per heavy atom. The van der Waals surface area contributed by atoms with Gasteiger partial charge in [-0.2, -0.15) is 0 Å². The van der Waals surface area contributed by atoms with E-state index in [0.717, 1.165) is 5.56 Å². The van der Waals surface area contributed by atoms with Crippen molar-refractivity contribution in [3.8, 4) is 0 Å². The Labute approximate surface area is 152 Å². The highest BCUT2D eigenvalue weighted by Crippen LogP contribution is 2.43. The first-order chi connectivity index (χ1) is 11.7. The van der Waals surface area contributed by atoms with Crippen molar-refractivity contribution in [2.45, 2.75) is 23.8 Å². The van der Waals surface area contributed by atoms with Gasteiger partial charge in [-0.3, -0.25) is 4.79 Å². The van der Waals surface area contributed by atoms with E-state index in [1.54, 1.807) is 0 Å². The monoisotopic (exact) mass is 357 g/mol. The van der Waals surface area contributed by atoms with Crippen molar-refractivity contribution in [2.24, 2.45) is 0 Å². The second-order valence-corrected chi connectivity index (χ2v) is 8.80. The van der Waals surface area contributed by atoms with Crippen LogP contribution in [0.2, 0.25) is 0 Å². The maximum Gasteiger partial charge on any atom is 0.251 e. The van der Waals surface area contributed by atoms with Crippen molar-refractivity contribution in [3.63, 3.8) is 0 Å². The molecule has 1 atom stereocenters. The van der Waals surface area contributed by atoms with E-state index in [-0.39, 0.29) is 5.91 Å². The van der Waals surface area contributed by atoms with Crippen molar-refractivity contribution < 1.29 is 4.79 Å². The molecular weight excluding hydrogens is 334 g/mol. The highest BCUT2D eigenvalue weighted by Gasteiger charge is 2.17. The van der Waals surface area contributed by atoms with E-state index in [1.807, 2.05) is 53.9 Å². The summed E-state index contributed by atoms with van der Waals surface area (Å²) in [5.74, 6) is 2.78. The number of carbonyl (C=O) groups excluding carboxylic acids is 1. The molecule has 1 heterocycles.